The van der Waals surface area contributed by atoms with Gasteiger partial charge in [0.15, 0.2) is 0 Å². The summed E-state index contributed by atoms with van der Waals surface area (Å²) in [5, 5.41) is 13.6. The molecule has 0 unspecified atom stereocenters. The molecule has 1 amide bonds. The van der Waals surface area contributed by atoms with Gasteiger partial charge >= 0.3 is 0 Å². The van der Waals surface area contributed by atoms with Gasteiger partial charge in [-0.15, -0.1) is 0 Å². The van der Waals surface area contributed by atoms with E-state index in [4.69, 9.17) is 4.74 Å². The largest absolute Gasteiger partial charge is 0.496 e. The number of aryl methyl sites for hydroxylation is 1. The number of hydrogen-bond donors (Lipinski definition) is 1. The Balaban J connectivity index is 2.25. The molecule has 8 nitrogen and oxygen atoms in total. The van der Waals surface area contributed by atoms with Crippen LogP contribution < -0.4 is 15.6 Å². The lowest BCUT2D eigenvalue weighted by molar-refractivity contribution is -0.384. The lowest BCUT2D eigenvalue weighted by Gasteiger charge is -2.10. The number of rotatable bonds is 5. The van der Waals surface area contributed by atoms with E-state index in [9.17, 15) is 19.7 Å². The van der Waals surface area contributed by atoms with Gasteiger partial charge in [0.25, 0.3) is 11.2 Å². The number of anilines is 1. The van der Waals surface area contributed by atoms with Crippen molar-refractivity contribution in [3.8, 4) is 5.75 Å². The Morgan fingerprint density at radius 3 is 2.75 bits per heavy atom. The number of pyridine rings is 1. The fraction of sp³-hybridized carbons (Fsp3) is 0.200. The number of aromatic nitrogens is 1. The average Bonchev–Trinajstić information content (AvgIpc) is 2.52. The number of methoxy groups -OCH3 is 1. The maximum Gasteiger partial charge on any atom is 0.296 e. The molecule has 0 saturated heterocycles. The number of carbonyl (C=O) groups excluding carboxylic acids is 1. The molecular formula is C15H14BrN3O5. The molecule has 0 saturated carbocycles. The Morgan fingerprint density at radius 1 is 1.42 bits per heavy atom. The number of nitrogens with zero attached hydrogens (tertiary/aromatic N) is 2. The number of halogens is 1. The summed E-state index contributed by atoms with van der Waals surface area (Å²) < 4.78 is 6.50. The smallest absolute Gasteiger partial charge is 0.296 e. The lowest BCUT2D eigenvalue weighted by atomic mass is 10.2. The maximum atomic E-state index is 12.1. The van der Waals surface area contributed by atoms with Crippen molar-refractivity contribution in [3.05, 3.63) is 61.0 Å². The van der Waals surface area contributed by atoms with Crippen molar-refractivity contribution in [2.24, 2.45) is 0 Å². The fourth-order valence-corrected chi connectivity index (χ4v) is 2.69. The van der Waals surface area contributed by atoms with Gasteiger partial charge in [0.1, 0.15) is 18.0 Å². The molecule has 0 aliphatic carbocycles. The van der Waals surface area contributed by atoms with Crippen LogP contribution in [0.2, 0.25) is 0 Å². The highest BCUT2D eigenvalue weighted by Gasteiger charge is 2.17. The number of amides is 1. The first-order chi connectivity index (χ1) is 11.3. The molecule has 2 aromatic rings. The molecule has 126 valence electrons. The van der Waals surface area contributed by atoms with E-state index < -0.39 is 10.8 Å². The Kier molecular flexibility index (Phi) is 5.35. The van der Waals surface area contributed by atoms with Crippen LogP contribution in [0.3, 0.4) is 0 Å². The van der Waals surface area contributed by atoms with Gasteiger partial charge < -0.3 is 14.6 Å². The minimum atomic E-state index is -0.618. The highest BCUT2D eigenvalue weighted by Crippen LogP contribution is 2.28. The molecule has 0 aliphatic rings. The molecule has 9 heteroatoms. The summed E-state index contributed by atoms with van der Waals surface area (Å²) in [5.74, 6) is -0.249. The van der Waals surface area contributed by atoms with E-state index in [1.165, 1.54) is 36.1 Å². The van der Waals surface area contributed by atoms with Crippen molar-refractivity contribution in [1.82, 2.24) is 4.57 Å². The number of benzene rings is 1. The molecule has 1 heterocycles. The number of nitro groups is 1. The van der Waals surface area contributed by atoms with Crippen LogP contribution in [0.25, 0.3) is 0 Å². The summed E-state index contributed by atoms with van der Waals surface area (Å²) >= 11 is 3.13. The van der Waals surface area contributed by atoms with Crippen molar-refractivity contribution in [3.63, 3.8) is 0 Å². The van der Waals surface area contributed by atoms with Crippen LogP contribution in [0.1, 0.15) is 5.56 Å². The van der Waals surface area contributed by atoms with Gasteiger partial charge in [-0.25, -0.2) is 0 Å². The van der Waals surface area contributed by atoms with Gasteiger partial charge in [-0.3, -0.25) is 19.7 Å². The van der Waals surface area contributed by atoms with E-state index in [-0.39, 0.29) is 23.5 Å². The van der Waals surface area contributed by atoms with Crippen LogP contribution in [-0.2, 0) is 11.3 Å². The van der Waals surface area contributed by atoms with E-state index >= 15 is 0 Å². The topological polar surface area (TPSA) is 103 Å². The summed E-state index contributed by atoms with van der Waals surface area (Å²) in [6.45, 7) is 1.52. The average molecular weight is 396 g/mol. The van der Waals surface area contributed by atoms with E-state index in [0.717, 1.165) is 5.56 Å². The Bertz CT molecular complexity index is 863. The summed E-state index contributed by atoms with van der Waals surface area (Å²) in [4.78, 5) is 34.6. The van der Waals surface area contributed by atoms with Crippen LogP contribution in [-0.4, -0.2) is 22.5 Å². The standard InChI is InChI=1S/C15H14BrN3O5/c1-9-5-11(16)15(21)18(7-9)8-14(20)17-12-4-3-10(24-2)6-13(12)19(22)23/h3-7H,8H2,1-2H3,(H,17,20). The number of hydrogen-bond acceptors (Lipinski definition) is 5. The van der Waals surface area contributed by atoms with Crippen molar-refractivity contribution in [1.29, 1.82) is 0 Å². The Labute approximate surface area is 145 Å². The molecule has 1 N–H and O–H groups in total. The summed E-state index contributed by atoms with van der Waals surface area (Å²) in [5.41, 5.74) is 0.177. The predicted molar refractivity (Wildman–Crippen MR) is 91.4 cm³/mol. The minimum absolute atomic E-state index is 0.0329. The second kappa shape index (κ2) is 7.26. The zero-order valence-corrected chi connectivity index (χ0v) is 14.5. The zero-order valence-electron chi connectivity index (χ0n) is 12.9. The molecule has 0 spiro atoms. The van der Waals surface area contributed by atoms with E-state index in [0.29, 0.717) is 10.2 Å². The second-order valence-corrected chi connectivity index (χ2v) is 5.84. The van der Waals surface area contributed by atoms with E-state index in [2.05, 4.69) is 21.2 Å². The Morgan fingerprint density at radius 2 is 2.12 bits per heavy atom. The van der Waals surface area contributed by atoms with Crippen molar-refractivity contribution < 1.29 is 14.5 Å². The summed E-state index contributed by atoms with van der Waals surface area (Å²) in [7, 11) is 1.39. The van der Waals surface area contributed by atoms with E-state index in [1.807, 2.05) is 0 Å². The molecule has 0 radical (unpaired) electrons. The van der Waals surface area contributed by atoms with Crippen LogP contribution in [0, 0.1) is 17.0 Å². The molecule has 0 fully saturated rings. The van der Waals surface area contributed by atoms with Gasteiger partial charge in [0.05, 0.1) is 22.6 Å². The summed E-state index contributed by atoms with van der Waals surface area (Å²) in [6.07, 6.45) is 1.54. The highest BCUT2D eigenvalue weighted by atomic mass is 79.9. The molecule has 2 rings (SSSR count). The normalized spacial score (nSPS) is 10.3. The molecule has 0 atom stereocenters. The first-order valence-corrected chi connectivity index (χ1v) is 7.60. The van der Waals surface area contributed by atoms with Gasteiger partial charge in [-0.05, 0) is 46.6 Å². The molecule has 1 aromatic heterocycles. The molecule has 0 bridgehead atoms. The first kappa shape index (κ1) is 17.7. The van der Waals surface area contributed by atoms with Crippen LogP contribution in [0.5, 0.6) is 5.75 Å². The van der Waals surface area contributed by atoms with Crippen LogP contribution >= 0.6 is 15.9 Å². The van der Waals surface area contributed by atoms with Crippen molar-refractivity contribution in [2.45, 2.75) is 13.5 Å². The van der Waals surface area contributed by atoms with Gasteiger partial charge in [0.2, 0.25) is 5.91 Å². The molecule has 24 heavy (non-hydrogen) atoms. The third-order valence-electron chi connectivity index (χ3n) is 3.17. The van der Waals surface area contributed by atoms with Gasteiger partial charge in [-0.1, -0.05) is 0 Å². The van der Waals surface area contributed by atoms with Gasteiger partial charge in [0, 0.05) is 6.20 Å². The highest BCUT2D eigenvalue weighted by molar-refractivity contribution is 9.10. The molecular weight excluding hydrogens is 382 g/mol. The quantitative estimate of drug-likeness (QED) is 0.618. The van der Waals surface area contributed by atoms with Crippen molar-refractivity contribution >= 4 is 33.2 Å². The van der Waals surface area contributed by atoms with Crippen LogP contribution in [0.15, 0.2) is 39.7 Å². The first-order valence-electron chi connectivity index (χ1n) is 6.80. The number of carbonyl (C=O) groups is 1. The molecule has 0 aliphatic heterocycles. The maximum absolute atomic E-state index is 12.1. The Hall–Kier alpha value is -2.68. The predicted octanol–water partition coefficient (Wildman–Crippen LogP) is 2.47. The second-order valence-electron chi connectivity index (χ2n) is 4.99. The van der Waals surface area contributed by atoms with Crippen molar-refractivity contribution in [2.75, 3.05) is 12.4 Å². The third-order valence-corrected chi connectivity index (χ3v) is 3.74. The number of nitro benzene ring substituents is 1. The number of ether oxygens (including phenoxy) is 1. The number of nitrogens with one attached hydrogen (secondary N) is 1. The summed E-state index contributed by atoms with van der Waals surface area (Å²) in [6, 6.07) is 5.73. The fourth-order valence-electron chi connectivity index (χ4n) is 2.10. The third kappa shape index (κ3) is 3.99. The van der Waals surface area contributed by atoms with Crippen LogP contribution in [0.4, 0.5) is 11.4 Å². The molecule has 1 aromatic carbocycles. The zero-order chi connectivity index (χ0) is 17.9. The van der Waals surface area contributed by atoms with E-state index in [1.54, 1.807) is 13.0 Å². The minimum Gasteiger partial charge on any atom is -0.496 e. The lowest BCUT2D eigenvalue weighted by Crippen LogP contribution is -2.28. The monoisotopic (exact) mass is 395 g/mol. The van der Waals surface area contributed by atoms with Gasteiger partial charge in [-0.2, -0.15) is 0 Å². The SMILES string of the molecule is COc1ccc(NC(=O)Cn2cc(C)cc(Br)c2=O)c([N+](=O)[O-])c1.